The summed E-state index contributed by atoms with van der Waals surface area (Å²) in [6.45, 7) is 0. The number of nitriles is 1. The number of nitrogens with one attached hydrogen (secondary N) is 2. The summed E-state index contributed by atoms with van der Waals surface area (Å²) >= 11 is 10.4. The lowest BCUT2D eigenvalue weighted by Crippen LogP contribution is -2.32. The zero-order chi connectivity index (χ0) is 17.7. The zero-order valence-corrected chi connectivity index (χ0v) is 13.0. The molecule has 1 unspecified atom stereocenters. The number of ether oxygens (including phenoxy) is 1. The number of hydrogen-bond donors (Lipinski definition) is 2. The zero-order valence-electron chi connectivity index (χ0n) is 11.5. The number of aromatic nitrogens is 4. The van der Waals surface area contributed by atoms with Crippen LogP contribution in [0.15, 0.2) is 24.4 Å². The summed E-state index contributed by atoms with van der Waals surface area (Å²) in [5.41, 5.74) is -2.80. The Morgan fingerprint density at radius 1 is 1.50 bits per heavy atom. The van der Waals surface area contributed by atoms with Crippen LogP contribution in [0.25, 0.3) is 5.57 Å². The fourth-order valence-electron chi connectivity index (χ4n) is 1.44. The molecule has 0 aliphatic heterocycles. The number of tetrazole rings is 1. The first-order valence-electron chi connectivity index (χ1n) is 6.08. The third-order valence-corrected chi connectivity index (χ3v) is 3.09. The van der Waals surface area contributed by atoms with Gasteiger partial charge in [-0.3, -0.25) is 0 Å². The molecule has 24 heavy (non-hydrogen) atoms. The third-order valence-electron chi connectivity index (χ3n) is 2.52. The van der Waals surface area contributed by atoms with Gasteiger partial charge in [0.1, 0.15) is 17.4 Å². The summed E-state index contributed by atoms with van der Waals surface area (Å²) in [6.07, 6.45) is -3.04. The molecule has 0 radical (unpaired) electrons. The largest absolute Gasteiger partial charge is 0.444 e. The first kappa shape index (κ1) is 17.8. The van der Waals surface area contributed by atoms with Crippen molar-refractivity contribution in [2.24, 2.45) is 0 Å². The minimum atomic E-state index is -4.26. The molecule has 1 heterocycles. The van der Waals surface area contributed by atoms with Crippen molar-refractivity contribution in [3.63, 3.8) is 0 Å². The topological polar surface area (TPSA) is 99.5 Å². The van der Waals surface area contributed by atoms with Gasteiger partial charge in [-0.1, -0.05) is 23.2 Å². The minimum absolute atomic E-state index is 0.0241. The van der Waals surface area contributed by atoms with E-state index < -0.39 is 17.5 Å². The number of H-pyrrole nitrogens is 1. The average molecular weight is 379 g/mol. The standard InChI is InChI=1S/C12H7Cl2F3N6O/c13-8-2-1-7(3-9(8)24-12(16,17)11(14)15)19-5-6(4-18)10-20-22-23-21-10/h1-3,5,11,19H,(H,20,21,22,23). The van der Waals surface area contributed by atoms with Crippen molar-refractivity contribution in [2.75, 3.05) is 5.32 Å². The molecule has 2 aromatic rings. The van der Waals surface area contributed by atoms with Gasteiger partial charge in [-0.15, -0.1) is 10.2 Å². The van der Waals surface area contributed by atoms with E-state index in [0.717, 1.165) is 6.07 Å². The molecular formula is C12H7Cl2F3N6O. The van der Waals surface area contributed by atoms with Gasteiger partial charge in [-0.25, -0.2) is 4.39 Å². The van der Waals surface area contributed by atoms with Crippen LogP contribution >= 0.6 is 23.2 Å². The molecule has 0 bridgehead atoms. The molecule has 2 rings (SSSR count). The van der Waals surface area contributed by atoms with Gasteiger partial charge in [-0.05, 0) is 17.3 Å². The van der Waals surface area contributed by atoms with Crippen molar-refractivity contribution in [2.45, 2.75) is 11.7 Å². The van der Waals surface area contributed by atoms with Gasteiger partial charge in [-0.2, -0.15) is 19.3 Å². The molecule has 1 aromatic carbocycles. The maximum absolute atomic E-state index is 13.2. The second-order valence-corrected chi connectivity index (χ2v) is 4.95. The Bertz CT molecular complexity index is 776. The first-order valence-corrected chi connectivity index (χ1v) is 6.90. The molecular weight excluding hydrogens is 372 g/mol. The van der Waals surface area contributed by atoms with Gasteiger partial charge in [0.2, 0.25) is 5.82 Å². The van der Waals surface area contributed by atoms with Crippen LogP contribution in [0.1, 0.15) is 5.82 Å². The maximum Gasteiger partial charge on any atom is 0.444 e. The van der Waals surface area contributed by atoms with E-state index in [-0.39, 0.29) is 22.1 Å². The minimum Gasteiger partial charge on any atom is -0.428 e. The molecule has 12 heteroatoms. The Hall–Kier alpha value is -2.51. The van der Waals surface area contributed by atoms with E-state index >= 15 is 0 Å². The van der Waals surface area contributed by atoms with Crippen LogP contribution in [0, 0.1) is 11.3 Å². The number of anilines is 1. The SMILES string of the molecule is N#CC(=CNc1ccc(Cl)c(OC(F)(F)C(F)Cl)c1)c1nn[nH]n1. The van der Waals surface area contributed by atoms with Crippen molar-refractivity contribution < 1.29 is 17.9 Å². The van der Waals surface area contributed by atoms with Gasteiger partial charge in [0.05, 0.1) is 5.02 Å². The number of allylic oxidation sites excluding steroid dienone is 1. The maximum atomic E-state index is 13.2. The van der Waals surface area contributed by atoms with Gasteiger partial charge in [0.25, 0.3) is 5.63 Å². The Morgan fingerprint density at radius 3 is 2.83 bits per heavy atom. The Morgan fingerprint density at radius 2 is 2.25 bits per heavy atom. The molecule has 1 atom stereocenters. The molecule has 0 fully saturated rings. The predicted molar refractivity (Wildman–Crippen MR) is 79.2 cm³/mol. The van der Waals surface area contributed by atoms with Crippen LogP contribution in [0.3, 0.4) is 0 Å². The van der Waals surface area contributed by atoms with Crippen molar-refractivity contribution in [1.29, 1.82) is 5.26 Å². The van der Waals surface area contributed by atoms with Crippen LogP contribution < -0.4 is 10.1 Å². The van der Waals surface area contributed by atoms with Crippen LogP contribution in [0.4, 0.5) is 18.9 Å². The Labute approximate surface area is 143 Å². The number of rotatable bonds is 6. The van der Waals surface area contributed by atoms with E-state index in [0.29, 0.717) is 0 Å². The highest BCUT2D eigenvalue weighted by Gasteiger charge is 2.42. The highest BCUT2D eigenvalue weighted by Crippen LogP contribution is 2.35. The summed E-state index contributed by atoms with van der Waals surface area (Å²) in [5.74, 6) is -0.467. The van der Waals surface area contributed by atoms with E-state index in [1.54, 1.807) is 0 Å². The number of hydrogen-bond acceptors (Lipinski definition) is 6. The molecule has 126 valence electrons. The van der Waals surface area contributed by atoms with Crippen LogP contribution in [0.2, 0.25) is 5.02 Å². The lowest BCUT2D eigenvalue weighted by atomic mass is 10.2. The fraction of sp³-hybridized carbons (Fsp3) is 0.167. The molecule has 0 amide bonds. The van der Waals surface area contributed by atoms with E-state index in [1.165, 1.54) is 18.3 Å². The van der Waals surface area contributed by atoms with E-state index in [1.807, 2.05) is 6.07 Å². The smallest absolute Gasteiger partial charge is 0.428 e. The molecule has 0 saturated carbocycles. The second kappa shape index (κ2) is 7.37. The lowest BCUT2D eigenvalue weighted by molar-refractivity contribution is -0.198. The summed E-state index contributed by atoms with van der Waals surface area (Å²) in [5, 5.41) is 24.2. The van der Waals surface area contributed by atoms with Crippen molar-refractivity contribution >= 4 is 34.5 Å². The number of benzene rings is 1. The highest BCUT2D eigenvalue weighted by atomic mass is 35.5. The van der Waals surface area contributed by atoms with Gasteiger partial charge in [0.15, 0.2) is 0 Å². The number of halogens is 5. The third kappa shape index (κ3) is 4.27. The Balaban J connectivity index is 2.21. The normalized spacial score (nSPS) is 13.2. The molecule has 0 aliphatic carbocycles. The van der Waals surface area contributed by atoms with Crippen molar-refractivity contribution in [3.05, 3.63) is 35.2 Å². The second-order valence-electron chi connectivity index (χ2n) is 4.16. The van der Waals surface area contributed by atoms with Crippen molar-refractivity contribution in [1.82, 2.24) is 20.6 Å². The average Bonchev–Trinajstić information content (AvgIpc) is 3.05. The predicted octanol–water partition coefficient (Wildman–Crippen LogP) is 3.34. The summed E-state index contributed by atoms with van der Waals surface area (Å²) in [4.78, 5) is 0. The van der Waals surface area contributed by atoms with Crippen molar-refractivity contribution in [3.8, 4) is 11.8 Å². The van der Waals surface area contributed by atoms with Crippen LogP contribution in [-0.2, 0) is 0 Å². The fourth-order valence-corrected chi connectivity index (χ4v) is 1.64. The van der Waals surface area contributed by atoms with Gasteiger partial charge in [0, 0.05) is 18.0 Å². The van der Waals surface area contributed by atoms with Gasteiger partial charge >= 0.3 is 6.11 Å². The monoisotopic (exact) mass is 378 g/mol. The number of nitrogens with zero attached hydrogens (tertiary/aromatic N) is 4. The quantitative estimate of drug-likeness (QED) is 0.590. The Kier molecular flexibility index (Phi) is 5.48. The molecule has 0 spiro atoms. The van der Waals surface area contributed by atoms with Crippen LogP contribution in [-0.4, -0.2) is 32.4 Å². The van der Waals surface area contributed by atoms with E-state index in [9.17, 15) is 13.2 Å². The molecule has 0 aliphatic rings. The molecule has 7 nitrogen and oxygen atoms in total. The summed E-state index contributed by atoms with van der Waals surface area (Å²) < 4.78 is 43.2. The first-order chi connectivity index (χ1) is 11.3. The highest BCUT2D eigenvalue weighted by molar-refractivity contribution is 6.32. The van der Waals surface area contributed by atoms with E-state index in [2.05, 4.69) is 30.7 Å². The summed E-state index contributed by atoms with van der Waals surface area (Å²) in [7, 11) is 0. The molecule has 1 aromatic heterocycles. The van der Waals surface area contributed by atoms with Crippen LogP contribution in [0.5, 0.6) is 5.75 Å². The number of aromatic amines is 1. The lowest BCUT2D eigenvalue weighted by Gasteiger charge is -2.19. The van der Waals surface area contributed by atoms with E-state index in [4.69, 9.17) is 28.5 Å². The number of alkyl halides is 4. The van der Waals surface area contributed by atoms with Gasteiger partial charge < -0.3 is 10.1 Å². The summed E-state index contributed by atoms with van der Waals surface area (Å²) in [6, 6.07) is 5.56. The molecule has 0 saturated heterocycles. The molecule has 2 N–H and O–H groups in total.